The van der Waals surface area contributed by atoms with Crippen molar-refractivity contribution in [2.45, 2.75) is 38.3 Å². The Kier molecular flexibility index (Phi) is 4.87. The van der Waals surface area contributed by atoms with Crippen LogP contribution in [0.1, 0.15) is 37.8 Å². The Hall–Kier alpha value is -0.580. The first kappa shape index (κ1) is 15.3. The van der Waals surface area contributed by atoms with E-state index in [2.05, 4.69) is 56.2 Å². The minimum Gasteiger partial charge on any atom is -0.369 e. The molecular formula is C17H26BrN3. The molecule has 0 saturated carbocycles. The molecule has 116 valence electrons. The van der Waals surface area contributed by atoms with E-state index in [9.17, 15) is 0 Å². The monoisotopic (exact) mass is 351 g/mol. The molecule has 0 bridgehead atoms. The van der Waals surface area contributed by atoms with Gasteiger partial charge in [0, 0.05) is 41.9 Å². The lowest BCUT2D eigenvalue weighted by atomic mass is 9.99. The molecule has 3 rings (SSSR count). The van der Waals surface area contributed by atoms with Gasteiger partial charge in [0.15, 0.2) is 0 Å². The van der Waals surface area contributed by atoms with Crippen LogP contribution in [0.2, 0.25) is 0 Å². The third-order valence-corrected chi connectivity index (χ3v) is 5.77. The average Bonchev–Trinajstić information content (AvgIpc) is 2.53. The van der Waals surface area contributed by atoms with E-state index < -0.39 is 0 Å². The van der Waals surface area contributed by atoms with Gasteiger partial charge in [0.05, 0.1) is 0 Å². The summed E-state index contributed by atoms with van der Waals surface area (Å²) in [5.74, 6) is 0. The highest BCUT2D eigenvalue weighted by Crippen LogP contribution is 2.30. The Bertz CT molecular complexity index is 491. The Morgan fingerprint density at radius 2 is 2.10 bits per heavy atom. The van der Waals surface area contributed by atoms with Gasteiger partial charge in [-0.25, -0.2) is 0 Å². The Labute approximate surface area is 136 Å². The minimum atomic E-state index is 0.378. The summed E-state index contributed by atoms with van der Waals surface area (Å²) in [7, 11) is 2.01. The molecule has 2 aliphatic heterocycles. The maximum atomic E-state index is 3.75. The van der Waals surface area contributed by atoms with Gasteiger partial charge in [-0.05, 0) is 51.1 Å². The van der Waals surface area contributed by atoms with Gasteiger partial charge in [-0.2, -0.15) is 0 Å². The van der Waals surface area contributed by atoms with Crippen molar-refractivity contribution in [2.75, 3.05) is 38.1 Å². The Morgan fingerprint density at radius 3 is 2.86 bits per heavy atom. The molecule has 21 heavy (non-hydrogen) atoms. The summed E-state index contributed by atoms with van der Waals surface area (Å²) in [6.45, 7) is 7.07. The number of benzene rings is 1. The van der Waals surface area contributed by atoms with Crippen LogP contribution in [0.3, 0.4) is 0 Å². The zero-order valence-electron chi connectivity index (χ0n) is 13.1. The van der Waals surface area contributed by atoms with E-state index in [1.165, 1.54) is 54.6 Å². The second-order valence-electron chi connectivity index (χ2n) is 6.35. The quantitative estimate of drug-likeness (QED) is 0.900. The predicted molar refractivity (Wildman–Crippen MR) is 93.0 cm³/mol. The van der Waals surface area contributed by atoms with Crippen LogP contribution < -0.4 is 10.2 Å². The number of anilines is 1. The fourth-order valence-corrected chi connectivity index (χ4v) is 4.32. The van der Waals surface area contributed by atoms with E-state index in [1.807, 2.05) is 7.05 Å². The van der Waals surface area contributed by atoms with Crippen LogP contribution in [-0.2, 0) is 0 Å². The number of nitrogens with zero attached hydrogens (tertiary/aromatic N) is 2. The van der Waals surface area contributed by atoms with Gasteiger partial charge in [0.25, 0.3) is 0 Å². The molecule has 1 aromatic carbocycles. The van der Waals surface area contributed by atoms with Crippen LogP contribution >= 0.6 is 15.9 Å². The zero-order chi connectivity index (χ0) is 14.8. The maximum absolute atomic E-state index is 3.75. The summed E-state index contributed by atoms with van der Waals surface area (Å²) < 4.78 is 1.22. The molecule has 3 nitrogen and oxygen atoms in total. The van der Waals surface area contributed by atoms with Crippen LogP contribution in [0.15, 0.2) is 22.7 Å². The topological polar surface area (TPSA) is 18.5 Å². The number of halogens is 1. The van der Waals surface area contributed by atoms with Gasteiger partial charge in [-0.1, -0.05) is 28.4 Å². The van der Waals surface area contributed by atoms with E-state index in [0.717, 1.165) is 12.6 Å². The lowest BCUT2D eigenvalue weighted by molar-refractivity contribution is 0.133. The summed E-state index contributed by atoms with van der Waals surface area (Å²) in [6.07, 6.45) is 4.16. The molecule has 2 atom stereocenters. The van der Waals surface area contributed by atoms with E-state index in [4.69, 9.17) is 0 Å². The van der Waals surface area contributed by atoms with Gasteiger partial charge >= 0.3 is 0 Å². The molecule has 4 heteroatoms. The molecule has 0 aliphatic carbocycles. The normalized spacial score (nSPS) is 24.7. The van der Waals surface area contributed by atoms with Crippen molar-refractivity contribution in [3.63, 3.8) is 0 Å². The van der Waals surface area contributed by atoms with Crippen LogP contribution in [0.4, 0.5) is 5.69 Å². The molecule has 2 saturated heterocycles. The van der Waals surface area contributed by atoms with Crippen LogP contribution in [0.5, 0.6) is 0 Å². The van der Waals surface area contributed by atoms with Gasteiger partial charge in [0.1, 0.15) is 0 Å². The maximum Gasteiger partial charge on any atom is 0.0378 e. The highest BCUT2D eigenvalue weighted by molar-refractivity contribution is 9.10. The third kappa shape index (κ3) is 3.27. The number of rotatable bonds is 3. The van der Waals surface area contributed by atoms with E-state index in [1.54, 1.807) is 0 Å². The first-order chi connectivity index (χ1) is 10.2. The van der Waals surface area contributed by atoms with Crippen LogP contribution in [0.25, 0.3) is 0 Å². The van der Waals surface area contributed by atoms with Crippen molar-refractivity contribution in [1.82, 2.24) is 10.2 Å². The number of hydrogen-bond donors (Lipinski definition) is 1. The minimum absolute atomic E-state index is 0.378. The summed E-state index contributed by atoms with van der Waals surface area (Å²) in [5, 5.41) is 3.31. The highest BCUT2D eigenvalue weighted by atomic mass is 79.9. The van der Waals surface area contributed by atoms with Crippen LogP contribution in [-0.4, -0.2) is 44.2 Å². The smallest absolute Gasteiger partial charge is 0.0378 e. The molecular weight excluding hydrogens is 326 g/mol. The largest absolute Gasteiger partial charge is 0.369 e. The summed E-state index contributed by atoms with van der Waals surface area (Å²) in [6, 6.07) is 7.98. The van der Waals surface area contributed by atoms with Gasteiger partial charge in [-0.3, -0.25) is 4.90 Å². The Balaban J connectivity index is 1.73. The summed E-state index contributed by atoms with van der Waals surface area (Å²) >= 11 is 3.75. The molecule has 0 aromatic heterocycles. The average molecular weight is 352 g/mol. The number of hydrogen-bond acceptors (Lipinski definition) is 3. The molecule has 2 heterocycles. The number of piperazine rings is 1. The number of nitrogens with one attached hydrogen (secondary N) is 1. The first-order valence-electron chi connectivity index (χ1n) is 8.14. The fourth-order valence-electron chi connectivity index (χ4n) is 3.61. The zero-order valence-corrected chi connectivity index (χ0v) is 14.7. The van der Waals surface area contributed by atoms with Gasteiger partial charge < -0.3 is 10.2 Å². The number of fused-ring (bicyclic) bond motifs is 1. The van der Waals surface area contributed by atoms with E-state index >= 15 is 0 Å². The fraction of sp³-hybridized carbons (Fsp3) is 0.647. The third-order valence-electron chi connectivity index (χ3n) is 5.09. The first-order valence-corrected chi connectivity index (χ1v) is 8.94. The van der Waals surface area contributed by atoms with Crippen molar-refractivity contribution in [3.8, 4) is 0 Å². The standard InChI is InChI=1S/C17H26BrN3/c1-13(19-2)16-7-6-14(11-17(16)18)21-10-9-20-8-4-3-5-15(20)12-21/h6-7,11,13,15,19H,3-5,8-10,12H2,1-2H3. The molecule has 1 aromatic rings. The van der Waals surface area contributed by atoms with Gasteiger partial charge in [-0.15, -0.1) is 0 Å². The van der Waals surface area contributed by atoms with Crippen LogP contribution in [0, 0.1) is 0 Å². The molecule has 0 amide bonds. The summed E-state index contributed by atoms with van der Waals surface area (Å²) in [4.78, 5) is 5.25. The van der Waals surface area contributed by atoms with Crippen molar-refractivity contribution in [3.05, 3.63) is 28.2 Å². The van der Waals surface area contributed by atoms with Crippen molar-refractivity contribution < 1.29 is 0 Å². The second-order valence-corrected chi connectivity index (χ2v) is 7.20. The van der Waals surface area contributed by atoms with E-state index in [-0.39, 0.29) is 0 Å². The molecule has 1 N–H and O–H groups in total. The lowest BCUT2D eigenvalue weighted by Crippen LogP contribution is -2.54. The molecule has 0 spiro atoms. The van der Waals surface area contributed by atoms with E-state index in [0.29, 0.717) is 6.04 Å². The predicted octanol–water partition coefficient (Wildman–Crippen LogP) is 3.40. The van der Waals surface area contributed by atoms with Crippen molar-refractivity contribution in [1.29, 1.82) is 0 Å². The molecule has 0 radical (unpaired) electrons. The lowest BCUT2D eigenvalue weighted by Gasteiger charge is -2.45. The molecule has 2 fully saturated rings. The molecule has 2 aliphatic rings. The SMILES string of the molecule is CNC(C)c1ccc(N2CCN3CCCCC3C2)cc1Br. The van der Waals surface area contributed by atoms with Crippen molar-refractivity contribution >= 4 is 21.6 Å². The van der Waals surface area contributed by atoms with Crippen molar-refractivity contribution in [2.24, 2.45) is 0 Å². The second kappa shape index (κ2) is 6.67. The Morgan fingerprint density at radius 1 is 1.24 bits per heavy atom. The number of piperidine rings is 1. The molecule has 2 unspecified atom stereocenters. The highest BCUT2D eigenvalue weighted by Gasteiger charge is 2.29. The summed E-state index contributed by atoms with van der Waals surface area (Å²) in [5.41, 5.74) is 2.69. The van der Waals surface area contributed by atoms with Gasteiger partial charge in [0.2, 0.25) is 0 Å².